The molecule has 33 heavy (non-hydrogen) atoms. The van der Waals surface area contributed by atoms with Crippen molar-refractivity contribution in [1.29, 1.82) is 0 Å². The van der Waals surface area contributed by atoms with Crippen LogP contribution in [-0.4, -0.2) is 32.2 Å². The van der Waals surface area contributed by atoms with Crippen LogP contribution in [-0.2, 0) is 20.1 Å². The van der Waals surface area contributed by atoms with E-state index in [-0.39, 0.29) is 20.1 Å². The first-order chi connectivity index (χ1) is 15.7. The number of rotatable bonds is 2. The molecule has 1 radical (unpaired) electrons. The third-order valence-electron chi connectivity index (χ3n) is 5.03. The first kappa shape index (κ1) is 22.5. The van der Waals surface area contributed by atoms with Gasteiger partial charge >= 0.3 is 6.01 Å². The number of aryl methyl sites for hydroxylation is 1. The second kappa shape index (κ2) is 9.84. The molecule has 0 unspecified atom stereocenters. The SMILES string of the molecule is C[N+]1=C=[N+](c2[c-]cc3oc4ncccc4c3c2)C=C1.Cc1ccc(-c2[c-]cccc2)nc1.[Ir]. The van der Waals surface area contributed by atoms with E-state index in [0.717, 1.165) is 33.3 Å². The van der Waals surface area contributed by atoms with Crippen molar-refractivity contribution >= 4 is 33.8 Å². The van der Waals surface area contributed by atoms with Crippen LogP contribution in [0.4, 0.5) is 5.69 Å². The van der Waals surface area contributed by atoms with E-state index >= 15 is 0 Å². The van der Waals surface area contributed by atoms with Crippen LogP contribution in [0.3, 0.4) is 0 Å². The third-order valence-corrected chi connectivity index (χ3v) is 5.03. The first-order valence-corrected chi connectivity index (χ1v) is 10.2. The van der Waals surface area contributed by atoms with Gasteiger partial charge < -0.3 is 9.40 Å². The number of furan rings is 1. The predicted octanol–water partition coefficient (Wildman–Crippen LogP) is 5.58. The Balaban J connectivity index is 0.000000164. The van der Waals surface area contributed by atoms with Crippen molar-refractivity contribution in [3.63, 3.8) is 0 Å². The molecule has 5 nitrogen and oxygen atoms in total. The van der Waals surface area contributed by atoms with Crippen LogP contribution in [0.5, 0.6) is 0 Å². The van der Waals surface area contributed by atoms with E-state index in [1.807, 2.05) is 96.3 Å². The Morgan fingerprint density at radius 3 is 2.61 bits per heavy atom. The van der Waals surface area contributed by atoms with Gasteiger partial charge in [-0.3, -0.25) is 0 Å². The smallest absolute Gasteiger partial charge is 0.493 e. The van der Waals surface area contributed by atoms with Crippen LogP contribution in [0, 0.1) is 19.1 Å². The van der Waals surface area contributed by atoms with Crippen molar-refractivity contribution in [2.45, 2.75) is 6.92 Å². The topological polar surface area (TPSA) is 44.9 Å². The van der Waals surface area contributed by atoms with E-state index in [1.165, 1.54) is 5.56 Å². The quantitative estimate of drug-likeness (QED) is 0.194. The molecular weight excluding hydrogens is 589 g/mol. The molecule has 0 bridgehead atoms. The minimum Gasteiger partial charge on any atom is -0.502 e. The summed E-state index contributed by atoms with van der Waals surface area (Å²) in [5.74, 6) is 0. The van der Waals surface area contributed by atoms with E-state index in [2.05, 4.69) is 34.2 Å². The van der Waals surface area contributed by atoms with Crippen LogP contribution >= 0.6 is 0 Å². The van der Waals surface area contributed by atoms with E-state index in [1.54, 1.807) is 6.20 Å². The van der Waals surface area contributed by atoms with E-state index < -0.39 is 0 Å². The van der Waals surface area contributed by atoms with Crippen LogP contribution in [0.15, 0.2) is 89.9 Å². The monoisotopic (exact) mass is 609 g/mol. The first-order valence-electron chi connectivity index (χ1n) is 10.2. The summed E-state index contributed by atoms with van der Waals surface area (Å²) in [4.78, 5) is 8.54. The number of hydrogen-bond acceptors (Lipinski definition) is 3. The molecule has 0 fully saturated rings. The van der Waals surface area contributed by atoms with Crippen molar-refractivity contribution < 1.29 is 33.7 Å². The number of nitrogens with zero attached hydrogens (tertiary/aromatic N) is 4. The average Bonchev–Trinajstić information content (AvgIpc) is 3.43. The summed E-state index contributed by atoms with van der Waals surface area (Å²) in [6, 6.07) is 29.2. The summed E-state index contributed by atoms with van der Waals surface area (Å²) in [6.45, 7) is 2.03. The van der Waals surface area contributed by atoms with Crippen LogP contribution in [0.2, 0.25) is 0 Å². The Morgan fingerprint density at radius 1 is 0.970 bits per heavy atom. The maximum atomic E-state index is 5.68. The van der Waals surface area contributed by atoms with E-state index in [9.17, 15) is 0 Å². The standard InChI is InChI=1S/C15H10N3O.C12H10N.Ir/c1-17-7-8-18(10-17)11-4-5-14-13(9-11)12-3-2-6-16-15(12)19-14;1-10-7-8-12(13-9-10)11-5-3-2-4-6-11;/h2-3,5-9H,1H3;2-5,7-9H,1H3;/q+1;-1;. The molecule has 5 aromatic rings. The molecule has 4 heterocycles. The molecule has 3 aromatic heterocycles. The van der Waals surface area contributed by atoms with Crippen molar-refractivity contribution in [3.8, 4) is 11.3 Å². The summed E-state index contributed by atoms with van der Waals surface area (Å²) in [7, 11) is 1.94. The second-order valence-corrected chi connectivity index (χ2v) is 7.43. The molecule has 0 atom stereocenters. The van der Waals surface area contributed by atoms with Crippen molar-refractivity contribution in [3.05, 3.63) is 103 Å². The molecule has 6 heteroatoms. The normalized spacial score (nSPS) is 12.1. The van der Waals surface area contributed by atoms with Crippen molar-refractivity contribution in [2.75, 3.05) is 7.05 Å². The van der Waals surface area contributed by atoms with Crippen molar-refractivity contribution in [1.82, 2.24) is 9.97 Å². The largest absolute Gasteiger partial charge is 0.502 e. The molecule has 0 aliphatic carbocycles. The number of pyridine rings is 2. The van der Waals surface area contributed by atoms with Gasteiger partial charge in [-0.25, -0.2) is 4.98 Å². The van der Waals surface area contributed by atoms with Gasteiger partial charge in [0.25, 0.3) is 6.20 Å². The summed E-state index contributed by atoms with van der Waals surface area (Å²) in [5.41, 5.74) is 5.59. The molecule has 0 saturated heterocycles. The molecule has 0 amide bonds. The molecule has 163 valence electrons. The van der Waals surface area contributed by atoms with Crippen LogP contribution in [0.1, 0.15) is 5.56 Å². The van der Waals surface area contributed by atoms with Gasteiger partial charge in [0.2, 0.25) is 11.9 Å². The van der Waals surface area contributed by atoms with Gasteiger partial charge in [0, 0.05) is 43.5 Å². The van der Waals surface area contributed by atoms with Gasteiger partial charge in [-0.1, -0.05) is 32.7 Å². The molecule has 0 spiro atoms. The summed E-state index contributed by atoms with van der Waals surface area (Å²) in [6.07, 6.45) is 7.48. The maximum Gasteiger partial charge on any atom is 0.493 e. The third kappa shape index (κ3) is 4.89. The van der Waals surface area contributed by atoms with E-state index in [4.69, 9.17) is 4.42 Å². The fourth-order valence-corrected chi connectivity index (χ4v) is 3.40. The Hall–Kier alpha value is -3.69. The molecule has 1 aliphatic rings. The van der Waals surface area contributed by atoms with Gasteiger partial charge in [0.15, 0.2) is 7.05 Å². The molecule has 1 aliphatic heterocycles. The van der Waals surface area contributed by atoms with Crippen LogP contribution in [0.25, 0.3) is 33.3 Å². The Labute approximate surface area is 205 Å². The minimum atomic E-state index is 0. The second-order valence-electron chi connectivity index (χ2n) is 7.43. The number of hydrogen-bond donors (Lipinski definition) is 0. The Kier molecular flexibility index (Phi) is 6.71. The zero-order valence-corrected chi connectivity index (χ0v) is 20.5. The number of benzene rings is 2. The van der Waals surface area contributed by atoms with E-state index in [0.29, 0.717) is 5.71 Å². The zero-order chi connectivity index (χ0) is 21.9. The Bertz CT molecular complexity index is 1510. The molecular formula is C27H20IrN4O. The molecule has 6 rings (SSSR count). The van der Waals surface area contributed by atoms with Gasteiger partial charge in [0.1, 0.15) is 5.69 Å². The average molecular weight is 609 g/mol. The molecule has 0 N–H and O–H groups in total. The number of aromatic nitrogens is 2. The zero-order valence-electron chi connectivity index (χ0n) is 18.1. The maximum absolute atomic E-state index is 5.68. The van der Waals surface area contributed by atoms with Crippen LogP contribution < -0.4 is 0 Å². The molecule has 0 saturated carbocycles. The number of fused-ring (bicyclic) bond motifs is 3. The van der Waals surface area contributed by atoms with Gasteiger partial charge in [-0.15, -0.1) is 48.0 Å². The predicted molar refractivity (Wildman–Crippen MR) is 124 cm³/mol. The summed E-state index contributed by atoms with van der Waals surface area (Å²) < 4.78 is 9.45. The fourth-order valence-electron chi connectivity index (χ4n) is 3.40. The van der Waals surface area contributed by atoms with Gasteiger partial charge in [-0.2, -0.15) is 0 Å². The Morgan fingerprint density at radius 2 is 1.88 bits per heavy atom. The summed E-state index contributed by atoms with van der Waals surface area (Å²) in [5, 5.41) is 2.06. The molecule has 2 aromatic carbocycles. The van der Waals surface area contributed by atoms with Gasteiger partial charge in [-0.05, 0) is 30.3 Å². The summed E-state index contributed by atoms with van der Waals surface area (Å²) >= 11 is 0. The van der Waals surface area contributed by atoms with Gasteiger partial charge in [0.05, 0.1) is 0 Å². The minimum absolute atomic E-state index is 0. The van der Waals surface area contributed by atoms with Crippen molar-refractivity contribution in [2.24, 2.45) is 0 Å². The fraction of sp³-hybridized carbons (Fsp3) is 0.0741.